The molecule has 0 aliphatic carbocycles. The minimum Gasteiger partial charge on any atom is -0.497 e. The van der Waals surface area contributed by atoms with Crippen molar-refractivity contribution in [2.24, 2.45) is 0 Å². The highest BCUT2D eigenvalue weighted by atomic mass is 32.1. The molecule has 1 heterocycles. The van der Waals surface area contributed by atoms with E-state index in [1.807, 2.05) is 23.6 Å². The first-order chi connectivity index (χ1) is 10.7. The molecule has 0 unspecified atom stereocenters. The number of rotatable bonds is 8. The van der Waals surface area contributed by atoms with Crippen LogP contribution in [0.15, 0.2) is 35.7 Å². The highest BCUT2D eigenvalue weighted by Crippen LogP contribution is 2.24. The van der Waals surface area contributed by atoms with Gasteiger partial charge in [-0.25, -0.2) is 0 Å². The monoisotopic (exact) mass is 320 g/mol. The van der Waals surface area contributed by atoms with E-state index in [0.717, 1.165) is 18.4 Å². The molecule has 0 saturated heterocycles. The van der Waals surface area contributed by atoms with Crippen LogP contribution < -0.4 is 9.47 Å². The molecule has 0 fully saturated rings. The number of ether oxygens (including phenoxy) is 3. The first-order valence-electron chi connectivity index (χ1n) is 7.12. The van der Waals surface area contributed by atoms with E-state index < -0.39 is 0 Å². The molecule has 118 valence electrons. The Hall–Kier alpha value is -2.01. The van der Waals surface area contributed by atoms with Crippen molar-refractivity contribution in [3.8, 4) is 11.5 Å². The Morgan fingerprint density at radius 2 is 2.05 bits per heavy atom. The van der Waals surface area contributed by atoms with Crippen LogP contribution in [0.4, 0.5) is 0 Å². The van der Waals surface area contributed by atoms with E-state index in [4.69, 9.17) is 14.2 Å². The van der Waals surface area contributed by atoms with Crippen LogP contribution in [0.3, 0.4) is 0 Å². The second-order valence-corrected chi connectivity index (χ2v) is 5.80. The summed E-state index contributed by atoms with van der Waals surface area (Å²) in [6.45, 7) is 0.193. The molecule has 1 aromatic carbocycles. The SMILES string of the molecule is COc1ccc(OC)c(COC(=O)CCCc2cccs2)c1. The summed E-state index contributed by atoms with van der Waals surface area (Å²) in [6.07, 6.45) is 2.13. The third kappa shape index (κ3) is 4.77. The molecule has 0 aliphatic rings. The Morgan fingerprint density at radius 1 is 1.18 bits per heavy atom. The predicted octanol–water partition coefficient (Wildman–Crippen LogP) is 3.83. The Morgan fingerprint density at radius 3 is 2.73 bits per heavy atom. The zero-order chi connectivity index (χ0) is 15.8. The van der Waals surface area contributed by atoms with Crippen LogP contribution in [-0.2, 0) is 22.6 Å². The lowest BCUT2D eigenvalue weighted by atomic mass is 10.2. The smallest absolute Gasteiger partial charge is 0.306 e. The number of aryl methyl sites for hydroxylation is 1. The Balaban J connectivity index is 1.80. The van der Waals surface area contributed by atoms with Gasteiger partial charge >= 0.3 is 5.97 Å². The number of carbonyl (C=O) groups excluding carboxylic acids is 1. The number of thiophene rings is 1. The maximum Gasteiger partial charge on any atom is 0.306 e. The molecule has 0 amide bonds. The molecule has 0 atom stereocenters. The minimum atomic E-state index is -0.193. The highest BCUT2D eigenvalue weighted by Gasteiger charge is 2.09. The molecule has 22 heavy (non-hydrogen) atoms. The molecule has 0 saturated carbocycles. The lowest BCUT2D eigenvalue weighted by Gasteiger charge is -2.11. The zero-order valence-electron chi connectivity index (χ0n) is 12.8. The second kappa shape index (κ2) is 8.44. The number of hydrogen-bond donors (Lipinski definition) is 0. The van der Waals surface area contributed by atoms with E-state index in [9.17, 15) is 4.79 Å². The Labute approximate surface area is 134 Å². The maximum absolute atomic E-state index is 11.8. The Kier molecular flexibility index (Phi) is 6.27. The average molecular weight is 320 g/mol. The van der Waals surface area contributed by atoms with E-state index in [0.29, 0.717) is 17.9 Å². The fourth-order valence-corrected chi connectivity index (χ4v) is 2.84. The minimum absolute atomic E-state index is 0.193. The quantitative estimate of drug-likeness (QED) is 0.693. The van der Waals surface area contributed by atoms with Crippen molar-refractivity contribution in [2.75, 3.05) is 14.2 Å². The van der Waals surface area contributed by atoms with Crippen molar-refractivity contribution in [1.29, 1.82) is 0 Å². The fourth-order valence-electron chi connectivity index (χ4n) is 2.09. The summed E-state index contributed by atoms with van der Waals surface area (Å²) in [7, 11) is 3.19. The second-order valence-electron chi connectivity index (χ2n) is 4.77. The van der Waals surface area contributed by atoms with Gasteiger partial charge in [0.05, 0.1) is 14.2 Å². The fraction of sp³-hybridized carbons (Fsp3) is 0.353. The van der Waals surface area contributed by atoms with E-state index >= 15 is 0 Å². The van der Waals surface area contributed by atoms with Gasteiger partial charge in [-0.15, -0.1) is 11.3 Å². The van der Waals surface area contributed by atoms with Crippen LogP contribution in [-0.4, -0.2) is 20.2 Å². The van der Waals surface area contributed by atoms with Gasteiger partial charge in [0.25, 0.3) is 0 Å². The van der Waals surface area contributed by atoms with E-state index in [-0.39, 0.29) is 12.6 Å². The molecule has 0 bridgehead atoms. The molecule has 0 radical (unpaired) electrons. The number of esters is 1. The summed E-state index contributed by atoms with van der Waals surface area (Å²) >= 11 is 1.71. The lowest BCUT2D eigenvalue weighted by molar-refractivity contribution is -0.145. The normalized spacial score (nSPS) is 10.3. The largest absolute Gasteiger partial charge is 0.497 e. The van der Waals surface area contributed by atoms with Crippen LogP contribution in [0.1, 0.15) is 23.3 Å². The number of carbonyl (C=O) groups is 1. The van der Waals surface area contributed by atoms with Gasteiger partial charge in [0, 0.05) is 16.9 Å². The molecule has 0 spiro atoms. The molecule has 2 rings (SSSR count). The van der Waals surface area contributed by atoms with Crippen LogP contribution in [0.25, 0.3) is 0 Å². The highest BCUT2D eigenvalue weighted by molar-refractivity contribution is 7.09. The van der Waals surface area contributed by atoms with E-state index in [1.54, 1.807) is 31.6 Å². The van der Waals surface area contributed by atoms with Crippen LogP contribution in [0.5, 0.6) is 11.5 Å². The van der Waals surface area contributed by atoms with Crippen LogP contribution >= 0.6 is 11.3 Å². The van der Waals surface area contributed by atoms with E-state index in [2.05, 4.69) is 6.07 Å². The van der Waals surface area contributed by atoms with Gasteiger partial charge in [0.2, 0.25) is 0 Å². The number of benzene rings is 1. The van der Waals surface area contributed by atoms with Gasteiger partial charge in [-0.05, 0) is 42.5 Å². The average Bonchev–Trinajstić information content (AvgIpc) is 3.06. The third-order valence-electron chi connectivity index (χ3n) is 3.26. The van der Waals surface area contributed by atoms with Crippen LogP contribution in [0.2, 0.25) is 0 Å². The standard InChI is InChI=1S/C17H20O4S/c1-19-14-8-9-16(20-2)13(11-14)12-21-17(18)7-3-5-15-6-4-10-22-15/h4,6,8-11H,3,5,7,12H2,1-2H3. The first-order valence-corrected chi connectivity index (χ1v) is 8.00. The van der Waals surface area contributed by atoms with Gasteiger partial charge < -0.3 is 14.2 Å². The molecular formula is C17H20O4S. The third-order valence-corrected chi connectivity index (χ3v) is 4.20. The van der Waals surface area contributed by atoms with Gasteiger partial charge in [-0.1, -0.05) is 6.07 Å². The summed E-state index contributed by atoms with van der Waals surface area (Å²) in [5.74, 6) is 1.21. The van der Waals surface area contributed by atoms with Gasteiger partial charge in [-0.3, -0.25) is 4.79 Å². The lowest BCUT2D eigenvalue weighted by Crippen LogP contribution is -2.06. The zero-order valence-corrected chi connectivity index (χ0v) is 13.7. The molecule has 5 heteroatoms. The van der Waals surface area contributed by atoms with Gasteiger partial charge in [-0.2, -0.15) is 0 Å². The molecule has 0 aliphatic heterocycles. The number of methoxy groups -OCH3 is 2. The van der Waals surface area contributed by atoms with Gasteiger partial charge in [0.15, 0.2) is 0 Å². The topological polar surface area (TPSA) is 44.8 Å². The van der Waals surface area contributed by atoms with Crippen molar-refractivity contribution in [3.05, 3.63) is 46.2 Å². The molecule has 0 N–H and O–H groups in total. The molecule has 1 aromatic heterocycles. The van der Waals surface area contributed by atoms with Crippen LogP contribution in [0, 0.1) is 0 Å². The predicted molar refractivity (Wildman–Crippen MR) is 86.6 cm³/mol. The summed E-state index contributed by atoms with van der Waals surface area (Å²) in [6, 6.07) is 9.53. The van der Waals surface area contributed by atoms with Gasteiger partial charge in [0.1, 0.15) is 18.1 Å². The van der Waals surface area contributed by atoms with Crippen molar-refractivity contribution in [2.45, 2.75) is 25.9 Å². The number of hydrogen-bond acceptors (Lipinski definition) is 5. The Bertz CT molecular complexity index is 593. The van der Waals surface area contributed by atoms with E-state index in [1.165, 1.54) is 4.88 Å². The molecule has 4 nitrogen and oxygen atoms in total. The van der Waals surface area contributed by atoms with Crippen molar-refractivity contribution in [3.63, 3.8) is 0 Å². The summed E-state index contributed by atoms with van der Waals surface area (Å²) in [5.41, 5.74) is 0.799. The molecule has 2 aromatic rings. The summed E-state index contributed by atoms with van der Waals surface area (Å²) < 4.78 is 15.8. The summed E-state index contributed by atoms with van der Waals surface area (Å²) in [5, 5.41) is 2.04. The summed E-state index contributed by atoms with van der Waals surface area (Å²) in [4.78, 5) is 13.1. The van der Waals surface area contributed by atoms with Crippen molar-refractivity contribution < 1.29 is 19.0 Å². The van der Waals surface area contributed by atoms with Crippen molar-refractivity contribution in [1.82, 2.24) is 0 Å². The molecular weight excluding hydrogens is 300 g/mol. The first kappa shape index (κ1) is 16.4. The van der Waals surface area contributed by atoms with Crippen molar-refractivity contribution >= 4 is 17.3 Å². The maximum atomic E-state index is 11.8.